The van der Waals surface area contributed by atoms with E-state index in [-0.39, 0.29) is 18.3 Å². The summed E-state index contributed by atoms with van der Waals surface area (Å²) < 4.78 is 1.65. The number of hydrogen-bond acceptors (Lipinski definition) is 4. The second-order valence-electron chi connectivity index (χ2n) is 6.34. The molecule has 0 radical (unpaired) electrons. The predicted molar refractivity (Wildman–Crippen MR) is 101 cm³/mol. The third-order valence-electron chi connectivity index (χ3n) is 4.46. The minimum Gasteiger partial charge on any atom is -0.317 e. The standard InChI is InChI=1S/C18H25N5O.ClH/c1-3-4-13-5-7-15(8-6-13)17(24)21-18-20-16(22-23(18)2)14-9-11-19-12-10-14;/h5-8,14,19H,3-4,9-12H2,1-2H3,(H,20,21,22,24);1H. The molecule has 6 nitrogen and oxygen atoms in total. The molecular weight excluding hydrogens is 338 g/mol. The van der Waals surface area contributed by atoms with Crippen molar-refractivity contribution in [3.8, 4) is 0 Å². The number of benzene rings is 1. The number of nitrogens with zero attached hydrogens (tertiary/aromatic N) is 3. The first kappa shape index (κ1) is 19.4. The Morgan fingerprint density at radius 1 is 1.28 bits per heavy atom. The van der Waals surface area contributed by atoms with Gasteiger partial charge in [0.1, 0.15) is 0 Å². The molecule has 0 bridgehead atoms. The van der Waals surface area contributed by atoms with Crippen LogP contribution in [0.3, 0.4) is 0 Å². The van der Waals surface area contributed by atoms with E-state index in [1.807, 2.05) is 31.3 Å². The van der Waals surface area contributed by atoms with Crippen molar-refractivity contribution in [2.24, 2.45) is 7.05 Å². The van der Waals surface area contributed by atoms with Gasteiger partial charge in [-0.25, -0.2) is 4.68 Å². The van der Waals surface area contributed by atoms with Gasteiger partial charge in [0.25, 0.3) is 5.91 Å². The third-order valence-corrected chi connectivity index (χ3v) is 4.46. The molecule has 1 fully saturated rings. The lowest BCUT2D eigenvalue weighted by atomic mass is 9.98. The number of nitrogens with one attached hydrogen (secondary N) is 2. The first-order chi connectivity index (χ1) is 11.7. The van der Waals surface area contributed by atoms with Crippen LogP contribution in [-0.2, 0) is 13.5 Å². The largest absolute Gasteiger partial charge is 0.317 e. The lowest BCUT2D eigenvalue weighted by molar-refractivity contribution is 0.102. The van der Waals surface area contributed by atoms with Gasteiger partial charge in [0.15, 0.2) is 5.82 Å². The summed E-state index contributed by atoms with van der Waals surface area (Å²) in [6.45, 7) is 4.14. The van der Waals surface area contributed by atoms with Gasteiger partial charge in [0.2, 0.25) is 5.95 Å². The van der Waals surface area contributed by atoms with Gasteiger partial charge in [-0.3, -0.25) is 10.1 Å². The molecule has 25 heavy (non-hydrogen) atoms. The Morgan fingerprint density at radius 3 is 2.60 bits per heavy atom. The molecule has 2 aromatic rings. The quantitative estimate of drug-likeness (QED) is 0.856. The van der Waals surface area contributed by atoms with Crippen molar-refractivity contribution in [2.45, 2.75) is 38.5 Å². The number of halogens is 1. The average molecular weight is 364 g/mol. The van der Waals surface area contributed by atoms with Crippen LogP contribution < -0.4 is 10.6 Å². The fourth-order valence-corrected chi connectivity index (χ4v) is 3.05. The molecule has 0 atom stereocenters. The van der Waals surface area contributed by atoms with Crippen LogP contribution in [-0.4, -0.2) is 33.8 Å². The zero-order valence-corrected chi connectivity index (χ0v) is 15.6. The van der Waals surface area contributed by atoms with Crippen LogP contribution in [0.15, 0.2) is 24.3 Å². The van der Waals surface area contributed by atoms with Gasteiger partial charge in [-0.1, -0.05) is 25.5 Å². The van der Waals surface area contributed by atoms with Gasteiger partial charge in [-0.05, 0) is 50.0 Å². The summed E-state index contributed by atoms with van der Waals surface area (Å²) in [6, 6.07) is 7.75. The first-order valence-electron chi connectivity index (χ1n) is 8.69. The van der Waals surface area contributed by atoms with E-state index in [1.165, 1.54) is 5.56 Å². The maximum absolute atomic E-state index is 12.4. The summed E-state index contributed by atoms with van der Waals surface area (Å²) >= 11 is 0. The van der Waals surface area contributed by atoms with Gasteiger partial charge < -0.3 is 5.32 Å². The highest BCUT2D eigenvalue weighted by Gasteiger charge is 2.21. The highest BCUT2D eigenvalue weighted by Crippen LogP contribution is 2.23. The van der Waals surface area contributed by atoms with Crippen LogP contribution >= 0.6 is 12.4 Å². The monoisotopic (exact) mass is 363 g/mol. The third kappa shape index (κ3) is 4.80. The lowest BCUT2D eigenvalue weighted by Gasteiger charge is -2.19. The minimum absolute atomic E-state index is 0. The van der Waals surface area contributed by atoms with E-state index >= 15 is 0 Å². The molecule has 2 heterocycles. The Balaban J connectivity index is 0.00000225. The number of aromatic nitrogens is 3. The van der Waals surface area contributed by atoms with E-state index in [9.17, 15) is 4.79 Å². The summed E-state index contributed by atoms with van der Waals surface area (Å²) in [5.74, 6) is 1.56. The average Bonchev–Trinajstić information content (AvgIpc) is 2.97. The topological polar surface area (TPSA) is 71.8 Å². The lowest BCUT2D eigenvalue weighted by Crippen LogP contribution is -2.27. The highest BCUT2D eigenvalue weighted by molar-refractivity contribution is 6.03. The van der Waals surface area contributed by atoms with Crippen LogP contribution in [0, 0.1) is 0 Å². The molecule has 3 rings (SSSR count). The van der Waals surface area contributed by atoms with Crippen molar-refractivity contribution in [1.29, 1.82) is 0 Å². The second kappa shape index (κ2) is 8.97. The van der Waals surface area contributed by atoms with Crippen molar-refractivity contribution in [3.63, 3.8) is 0 Å². The number of hydrogen-bond donors (Lipinski definition) is 2. The molecule has 0 saturated carbocycles. The van der Waals surface area contributed by atoms with Gasteiger partial charge in [-0.15, -0.1) is 12.4 Å². The molecule has 1 amide bonds. The molecule has 0 spiro atoms. The smallest absolute Gasteiger partial charge is 0.258 e. The summed E-state index contributed by atoms with van der Waals surface area (Å²) in [5.41, 5.74) is 1.89. The first-order valence-corrected chi connectivity index (χ1v) is 8.69. The summed E-state index contributed by atoms with van der Waals surface area (Å²) in [5, 5.41) is 10.7. The van der Waals surface area contributed by atoms with Gasteiger partial charge >= 0.3 is 0 Å². The Hall–Kier alpha value is -1.92. The van der Waals surface area contributed by atoms with E-state index < -0.39 is 0 Å². The molecule has 1 aliphatic rings. The number of amides is 1. The predicted octanol–water partition coefficient (Wildman–Crippen LogP) is 2.91. The van der Waals surface area contributed by atoms with Gasteiger partial charge in [0.05, 0.1) is 0 Å². The molecule has 1 aromatic carbocycles. The van der Waals surface area contributed by atoms with Crippen LogP contribution in [0.4, 0.5) is 5.95 Å². The molecular formula is C18H26ClN5O. The Morgan fingerprint density at radius 2 is 1.96 bits per heavy atom. The second-order valence-corrected chi connectivity index (χ2v) is 6.34. The highest BCUT2D eigenvalue weighted by atomic mass is 35.5. The molecule has 1 aromatic heterocycles. The van der Waals surface area contributed by atoms with Crippen molar-refractivity contribution in [2.75, 3.05) is 18.4 Å². The normalized spacial score (nSPS) is 14.8. The van der Waals surface area contributed by atoms with Gasteiger partial charge in [0, 0.05) is 18.5 Å². The van der Waals surface area contributed by atoms with Crippen molar-refractivity contribution < 1.29 is 4.79 Å². The summed E-state index contributed by atoms with van der Waals surface area (Å²) in [7, 11) is 1.82. The molecule has 7 heteroatoms. The molecule has 0 aliphatic carbocycles. The Kier molecular flexibility index (Phi) is 6.96. The van der Waals surface area contributed by atoms with E-state index in [0.717, 1.165) is 44.6 Å². The van der Waals surface area contributed by atoms with Gasteiger partial charge in [-0.2, -0.15) is 10.1 Å². The minimum atomic E-state index is -0.148. The number of aryl methyl sites for hydroxylation is 2. The zero-order valence-electron chi connectivity index (χ0n) is 14.8. The fourth-order valence-electron chi connectivity index (χ4n) is 3.05. The number of carbonyl (C=O) groups excluding carboxylic acids is 1. The van der Waals surface area contributed by atoms with E-state index in [2.05, 4.69) is 27.6 Å². The van der Waals surface area contributed by atoms with Crippen LogP contribution in [0.2, 0.25) is 0 Å². The SMILES string of the molecule is CCCc1ccc(C(=O)Nc2nc(C3CCNCC3)nn2C)cc1.Cl. The maximum atomic E-state index is 12.4. The molecule has 136 valence electrons. The molecule has 2 N–H and O–H groups in total. The molecule has 1 aliphatic heterocycles. The van der Waals surface area contributed by atoms with Crippen molar-refractivity contribution >= 4 is 24.3 Å². The van der Waals surface area contributed by atoms with Crippen LogP contribution in [0.5, 0.6) is 0 Å². The Bertz CT molecular complexity index is 692. The maximum Gasteiger partial charge on any atom is 0.258 e. The van der Waals surface area contributed by atoms with Crippen LogP contribution in [0.25, 0.3) is 0 Å². The molecule has 1 saturated heterocycles. The number of anilines is 1. The van der Waals surface area contributed by atoms with Crippen LogP contribution in [0.1, 0.15) is 53.8 Å². The van der Waals surface area contributed by atoms with E-state index in [1.54, 1.807) is 4.68 Å². The zero-order chi connectivity index (χ0) is 16.9. The summed E-state index contributed by atoms with van der Waals surface area (Å²) in [6.07, 6.45) is 4.21. The number of rotatable bonds is 5. The van der Waals surface area contributed by atoms with E-state index in [0.29, 0.717) is 17.4 Å². The van der Waals surface area contributed by atoms with Crippen molar-refractivity contribution in [3.05, 3.63) is 41.2 Å². The summed E-state index contributed by atoms with van der Waals surface area (Å²) in [4.78, 5) is 17.0. The number of carbonyl (C=O) groups is 1. The molecule has 0 unspecified atom stereocenters. The van der Waals surface area contributed by atoms with E-state index in [4.69, 9.17) is 0 Å². The fraction of sp³-hybridized carbons (Fsp3) is 0.500. The Labute approximate surface area is 154 Å². The van der Waals surface area contributed by atoms with Crippen molar-refractivity contribution in [1.82, 2.24) is 20.1 Å². The number of piperidine rings is 1.